The normalized spacial score (nSPS) is 11.2. The van der Waals surface area contributed by atoms with Gasteiger partial charge in [0.05, 0.1) is 0 Å². The van der Waals surface area contributed by atoms with Crippen molar-refractivity contribution in [3.05, 3.63) is 24.3 Å². The SMILES string of the molecule is Oc1c(-n2nc3ccc(P)cc3n2)cc(P)c(P)c1P. The zero-order valence-corrected chi connectivity index (χ0v) is 15.0. The van der Waals surface area contributed by atoms with Crippen molar-refractivity contribution in [1.29, 1.82) is 0 Å². The zero-order chi connectivity index (χ0) is 14.4. The number of aromatic hydroxyl groups is 1. The van der Waals surface area contributed by atoms with E-state index >= 15 is 0 Å². The first-order valence-corrected chi connectivity index (χ1v) is 8.07. The molecule has 1 heterocycles. The van der Waals surface area contributed by atoms with E-state index in [2.05, 4.69) is 47.2 Å². The van der Waals surface area contributed by atoms with E-state index in [1.54, 1.807) is 0 Å². The van der Waals surface area contributed by atoms with Gasteiger partial charge in [-0.1, -0.05) is 6.07 Å². The Kier molecular flexibility index (Phi) is 3.78. The van der Waals surface area contributed by atoms with E-state index in [0.717, 1.165) is 32.3 Å². The second-order valence-corrected chi connectivity index (χ2v) is 6.84. The van der Waals surface area contributed by atoms with Crippen LogP contribution >= 0.6 is 37.0 Å². The lowest BCUT2D eigenvalue weighted by Gasteiger charge is -2.10. The van der Waals surface area contributed by atoms with Gasteiger partial charge in [-0.3, -0.25) is 0 Å². The monoisotopic (exact) mass is 339 g/mol. The summed E-state index contributed by atoms with van der Waals surface area (Å²) in [7, 11) is 10.4. The molecule has 4 atom stereocenters. The van der Waals surface area contributed by atoms with Gasteiger partial charge in [-0.05, 0) is 34.1 Å². The molecule has 0 aliphatic heterocycles. The van der Waals surface area contributed by atoms with Gasteiger partial charge < -0.3 is 5.11 Å². The van der Waals surface area contributed by atoms with Crippen molar-refractivity contribution < 1.29 is 5.11 Å². The fourth-order valence-electron chi connectivity index (χ4n) is 1.91. The standard InChI is InChI=1S/C12H13N3OP4/c16-10-8(4-9(18)11(19)12(10)20)15-13-6-2-1-5(17)3-7(6)14-15/h1-4,16H,17-20H2. The number of hydrogen-bond acceptors (Lipinski definition) is 3. The third-order valence-electron chi connectivity index (χ3n) is 3.01. The van der Waals surface area contributed by atoms with E-state index in [4.69, 9.17) is 0 Å². The van der Waals surface area contributed by atoms with Crippen LogP contribution in [-0.2, 0) is 0 Å². The van der Waals surface area contributed by atoms with Gasteiger partial charge in [0, 0.05) is 5.30 Å². The Balaban J connectivity index is 2.25. The minimum Gasteiger partial charge on any atom is -0.505 e. The average Bonchev–Trinajstić information content (AvgIpc) is 2.83. The smallest absolute Gasteiger partial charge is 0.150 e. The lowest BCUT2D eigenvalue weighted by atomic mass is 10.3. The molecule has 2 aromatic carbocycles. The predicted molar refractivity (Wildman–Crippen MR) is 97.9 cm³/mol. The number of nitrogens with zero attached hydrogens (tertiary/aromatic N) is 3. The molecule has 0 amide bonds. The lowest BCUT2D eigenvalue weighted by molar-refractivity contribution is 0.473. The lowest BCUT2D eigenvalue weighted by Crippen LogP contribution is -2.25. The summed E-state index contributed by atoms with van der Waals surface area (Å²) in [5.74, 6) is 0.164. The quantitative estimate of drug-likeness (QED) is 0.641. The molecule has 0 spiro atoms. The molecule has 0 radical (unpaired) electrons. The molecule has 0 saturated carbocycles. The molecule has 3 aromatic rings. The fraction of sp³-hybridized carbons (Fsp3) is 0. The number of rotatable bonds is 1. The van der Waals surface area contributed by atoms with E-state index in [1.807, 2.05) is 24.3 Å². The highest BCUT2D eigenvalue weighted by atomic mass is 31.0. The molecule has 0 bridgehead atoms. The highest BCUT2D eigenvalue weighted by molar-refractivity contribution is 7.40. The summed E-state index contributed by atoms with van der Waals surface area (Å²) in [6.07, 6.45) is 0. The van der Waals surface area contributed by atoms with Crippen LogP contribution in [0.3, 0.4) is 0 Å². The first kappa shape index (κ1) is 14.3. The van der Waals surface area contributed by atoms with Gasteiger partial charge in [-0.2, -0.15) is 0 Å². The third-order valence-corrected chi connectivity index (χ3v) is 5.74. The van der Waals surface area contributed by atoms with Crippen LogP contribution in [0.15, 0.2) is 24.3 Å². The Labute approximate surface area is 125 Å². The van der Waals surface area contributed by atoms with E-state index in [1.165, 1.54) is 4.80 Å². The largest absolute Gasteiger partial charge is 0.505 e. The Morgan fingerprint density at radius 2 is 1.60 bits per heavy atom. The summed E-state index contributed by atoms with van der Waals surface area (Å²) in [6, 6.07) is 7.65. The second-order valence-electron chi connectivity index (χ2n) is 4.40. The number of benzene rings is 2. The maximum Gasteiger partial charge on any atom is 0.150 e. The Morgan fingerprint density at radius 3 is 2.35 bits per heavy atom. The van der Waals surface area contributed by atoms with Crippen LogP contribution in [0.25, 0.3) is 16.7 Å². The molecular weight excluding hydrogens is 326 g/mol. The fourth-order valence-corrected chi connectivity index (χ4v) is 3.17. The van der Waals surface area contributed by atoms with Crippen LogP contribution in [-0.4, -0.2) is 20.1 Å². The summed E-state index contributed by atoms with van der Waals surface area (Å²) >= 11 is 0. The van der Waals surface area contributed by atoms with Crippen LogP contribution in [0.1, 0.15) is 0 Å². The minimum atomic E-state index is 0.164. The van der Waals surface area contributed by atoms with E-state index in [-0.39, 0.29) is 5.75 Å². The van der Waals surface area contributed by atoms with E-state index < -0.39 is 0 Å². The van der Waals surface area contributed by atoms with Crippen LogP contribution in [0, 0.1) is 0 Å². The van der Waals surface area contributed by atoms with Gasteiger partial charge in [0.2, 0.25) is 0 Å². The third kappa shape index (κ3) is 2.36. The summed E-state index contributed by atoms with van der Waals surface area (Å²) in [4.78, 5) is 1.47. The maximum absolute atomic E-state index is 10.3. The molecular formula is C12H13N3OP4. The topological polar surface area (TPSA) is 50.9 Å². The Hall–Kier alpha value is -0.640. The predicted octanol–water partition coefficient (Wildman–Crippen LogP) is 0.128. The Bertz CT molecular complexity index is 831. The van der Waals surface area contributed by atoms with Crippen LogP contribution < -0.4 is 21.2 Å². The first-order valence-electron chi connectivity index (χ1n) is 5.76. The molecule has 20 heavy (non-hydrogen) atoms. The molecule has 4 nitrogen and oxygen atoms in total. The number of phenolic OH excluding ortho intramolecular Hbond substituents is 1. The first-order chi connectivity index (χ1) is 9.47. The summed E-state index contributed by atoms with van der Waals surface area (Å²) < 4.78 is 0. The van der Waals surface area contributed by atoms with Gasteiger partial charge >= 0.3 is 0 Å². The highest BCUT2D eigenvalue weighted by Gasteiger charge is 2.14. The number of hydrogen-bond donors (Lipinski definition) is 1. The zero-order valence-electron chi connectivity index (χ0n) is 10.4. The molecule has 1 N–H and O–H groups in total. The molecule has 0 aliphatic carbocycles. The van der Waals surface area contributed by atoms with E-state index in [9.17, 15) is 5.11 Å². The molecule has 102 valence electrons. The van der Waals surface area contributed by atoms with Crippen molar-refractivity contribution >= 4 is 69.2 Å². The van der Waals surface area contributed by atoms with Crippen molar-refractivity contribution in [2.45, 2.75) is 0 Å². The van der Waals surface area contributed by atoms with Crippen molar-refractivity contribution in [2.24, 2.45) is 0 Å². The van der Waals surface area contributed by atoms with E-state index in [0.29, 0.717) is 5.69 Å². The molecule has 0 fully saturated rings. The molecule has 0 aliphatic rings. The van der Waals surface area contributed by atoms with Crippen molar-refractivity contribution in [3.8, 4) is 11.4 Å². The van der Waals surface area contributed by atoms with Crippen LogP contribution in [0.4, 0.5) is 0 Å². The van der Waals surface area contributed by atoms with Crippen LogP contribution in [0.5, 0.6) is 5.75 Å². The van der Waals surface area contributed by atoms with Gasteiger partial charge in [0.15, 0.2) is 5.75 Å². The Morgan fingerprint density at radius 1 is 0.900 bits per heavy atom. The number of phenols is 1. The minimum absolute atomic E-state index is 0.164. The number of aromatic nitrogens is 3. The molecule has 3 rings (SSSR count). The average molecular weight is 339 g/mol. The summed E-state index contributed by atoms with van der Waals surface area (Å²) in [5, 5.41) is 22.8. The molecule has 8 heteroatoms. The van der Waals surface area contributed by atoms with Crippen molar-refractivity contribution in [2.75, 3.05) is 0 Å². The molecule has 1 aromatic heterocycles. The van der Waals surface area contributed by atoms with Gasteiger partial charge in [0.25, 0.3) is 0 Å². The van der Waals surface area contributed by atoms with Crippen molar-refractivity contribution in [3.63, 3.8) is 0 Å². The summed E-state index contributed by atoms with van der Waals surface area (Å²) in [6.45, 7) is 0. The number of fused-ring (bicyclic) bond motifs is 1. The van der Waals surface area contributed by atoms with Crippen molar-refractivity contribution in [1.82, 2.24) is 15.0 Å². The second kappa shape index (κ2) is 5.28. The van der Waals surface area contributed by atoms with Gasteiger partial charge in [-0.15, -0.1) is 52.0 Å². The van der Waals surface area contributed by atoms with Gasteiger partial charge in [0.1, 0.15) is 16.7 Å². The molecule has 0 saturated heterocycles. The highest BCUT2D eigenvalue weighted by Crippen LogP contribution is 2.21. The molecule has 4 unspecified atom stereocenters. The van der Waals surface area contributed by atoms with Crippen LogP contribution in [0.2, 0.25) is 0 Å². The maximum atomic E-state index is 10.3. The van der Waals surface area contributed by atoms with Gasteiger partial charge in [-0.25, -0.2) is 0 Å². The summed E-state index contributed by atoms with van der Waals surface area (Å²) in [5.41, 5.74) is 2.15.